The van der Waals surface area contributed by atoms with Gasteiger partial charge in [-0.1, -0.05) is 36.4 Å². The first-order valence-electron chi connectivity index (χ1n) is 18.4. The van der Waals surface area contributed by atoms with Crippen LogP contribution in [-0.4, -0.2) is 18.3 Å². The van der Waals surface area contributed by atoms with Crippen LogP contribution in [0.5, 0.6) is 23.0 Å². The summed E-state index contributed by atoms with van der Waals surface area (Å²) in [6.07, 6.45) is 24.4. The summed E-state index contributed by atoms with van der Waals surface area (Å²) in [4.78, 5) is 0. The highest BCUT2D eigenvalue weighted by molar-refractivity contribution is 5.74. The Morgan fingerprint density at radius 2 is 0.679 bits per heavy atom. The Morgan fingerprint density at radius 1 is 0.339 bits per heavy atom. The third kappa shape index (κ3) is 7.36. The van der Waals surface area contributed by atoms with Crippen molar-refractivity contribution in [2.24, 2.45) is 28.2 Å². The number of nitrogens with zero attached hydrogens (tertiary/aromatic N) is 8. The molecular formula is C46H42N8O2+4. The van der Waals surface area contributed by atoms with Crippen LogP contribution in [0.4, 0.5) is 0 Å². The monoisotopic (exact) mass is 738 g/mol. The van der Waals surface area contributed by atoms with Crippen LogP contribution in [0.2, 0.25) is 0 Å². The number of imidazole rings is 4. The van der Waals surface area contributed by atoms with E-state index >= 15 is 0 Å². The molecular weight excluding hydrogens is 697 g/mol. The summed E-state index contributed by atoms with van der Waals surface area (Å²) in [5, 5.41) is 0. The molecule has 0 fully saturated rings. The third-order valence-corrected chi connectivity index (χ3v) is 9.71. The van der Waals surface area contributed by atoms with Gasteiger partial charge in [0, 0.05) is 24.3 Å². The van der Waals surface area contributed by atoms with Gasteiger partial charge in [-0.3, -0.25) is 0 Å². The Hall–Kier alpha value is -7.46. The maximum atomic E-state index is 6.56. The van der Waals surface area contributed by atoms with E-state index in [1.165, 1.54) is 0 Å². The van der Waals surface area contributed by atoms with Gasteiger partial charge in [-0.05, 0) is 70.8 Å². The van der Waals surface area contributed by atoms with Gasteiger partial charge in [0.1, 0.15) is 95.3 Å². The van der Waals surface area contributed by atoms with E-state index in [-0.39, 0.29) is 0 Å². The molecule has 4 heterocycles. The van der Waals surface area contributed by atoms with Crippen molar-refractivity contribution in [2.75, 3.05) is 0 Å². The van der Waals surface area contributed by atoms with Crippen LogP contribution in [0, 0.1) is 0 Å². The lowest BCUT2D eigenvalue weighted by Gasteiger charge is -2.12. The van der Waals surface area contributed by atoms with Crippen LogP contribution in [-0.2, 0) is 28.2 Å². The maximum Gasteiger partial charge on any atom is 0.248 e. The van der Waals surface area contributed by atoms with Crippen LogP contribution in [0.25, 0.3) is 45.0 Å². The molecule has 0 aliphatic carbocycles. The second kappa shape index (κ2) is 14.4. The highest BCUT2D eigenvalue weighted by Gasteiger charge is 2.15. The average Bonchev–Trinajstić information content (AvgIpc) is 4.04. The summed E-state index contributed by atoms with van der Waals surface area (Å²) in [6.45, 7) is 0. The standard InChI is InChI=1S/C46H42N8O2/c1-47-15-19-51(31-47)39-7-5-9-43(27-39)55-45-25-37(23-41(29-45)53-21-17-49(3)33-53)35-11-13-36(14-12-35)38-24-42(54-22-18-50(4)34-54)30-46(26-38)56-44-10-6-8-40(28-44)52-20-16-48(2)32-52/h5-34H,1-4H3/q+4. The zero-order valence-corrected chi connectivity index (χ0v) is 31.7. The van der Waals surface area contributed by atoms with Crippen molar-refractivity contribution in [3.05, 3.63) is 184 Å². The van der Waals surface area contributed by atoms with Crippen LogP contribution < -0.4 is 27.7 Å². The van der Waals surface area contributed by atoms with Crippen LogP contribution >= 0.6 is 0 Å². The molecule has 56 heavy (non-hydrogen) atoms. The first-order valence-corrected chi connectivity index (χ1v) is 18.4. The third-order valence-electron chi connectivity index (χ3n) is 9.71. The Morgan fingerprint density at radius 3 is 1.02 bits per heavy atom. The number of aryl methyl sites for hydroxylation is 4. The van der Waals surface area contributed by atoms with E-state index < -0.39 is 0 Å². The van der Waals surface area contributed by atoms with Gasteiger partial charge in [-0.25, -0.2) is 36.5 Å². The smallest absolute Gasteiger partial charge is 0.248 e. The van der Waals surface area contributed by atoms with Crippen molar-refractivity contribution >= 4 is 0 Å². The fourth-order valence-electron chi connectivity index (χ4n) is 6.87. The van der Waals surface area contributed by atoms with E-state index in [1.54, 1.807) is 0 Å². The molecule has 0 aliphatic rings. The second-order valence-electron chi connectivity index (χ2n) is 14.2. The zero-order valence-electron chi connectivity index (χ0n) is 31.7. The molecule has 274 valence electrons. The Bertz CT molecular complexity index is 2630. The van der Waals surface area contributed by atoms with Crippen LogP contribution in [0.3, 0.4) is 0 Å². The Labute approximate surface area is 325 Å². The van der Waals surface area contributed by atoms with E-state index in [0.717, 1.165) is 68.0 Å². The van der Waals surface area contributed by atoms with Crippen LogP contribution in [0.1, 0.15) is 0 Å². The molecule has 10 heteroatoms. The predicted octanol–water partition coefficient (Wildman–Crippen LogP) is 7.07. The first-order chi connectivity index (χ1) is 27.3. The molecule has 0 amide bonds. The molecule has 0 saturated carbocycles. The van der Waals surface area contributed by atoms with E-state index in [1.807, 2.05) is 146 Å². The minimum atomic E-state index is 0.747. The molecule has 5 aromatic carbocycles. The van der Waals surface area contributed by atoms with Gasteiger partial charge in [0.2, 0.25) is 25.3 Å². The van der Waals surface area contributed by atoms with E-state index in [2.05, 4.69) is 103 Å². The molecule has 9 aromatic rings. The normalized spacial score (nSPS) is 11.2. The average molecular weight is 739 g/mol. The topological polar surface area (TPSA) is 53.7 Å². The van der Waals surface area contributed by atoms with Gasteiger partial charge in [0.25, 0.3) is 0 Å². The van der Waals surface area contributed by atoms with E-state index in [9.17, 15) is 0 Å². The summed E-state index contributed by atoms with van der Waals surface area (Å²) < 4.78 is 29.6. The fraction of sp³-hybridized carbons (Fsp3) is 0.0870. The van der Waals surface area contributed by atoms with Crippen molar-refractivity contribution in [1.82, 2.24) is 18.3 Å². The second-order valence-corrected chi connectivity index (χ2v) is 14.2. The lowest BCUT2D eigenvalue weighted by atomic mass is 9.99. The molecule has 0 radical (unpaired) electrons. The van der Waals surface area contributed by atoms with E-state index in [0.29, 0.717) is 0 Å². The van der Waals surface area contributed by atoms with Crippen molar-refractivity contribution in [2.45, 2.75) is 0 Å². The number of aromatic nitrogens is 8. The molecule has 0 spiro atoms. The number of ether oxygens (including phenoxy) is 2. The fourth-order valence-corrected chi connectivity index (χ4v) is 6.87. The lowest BCUT2D eigenvalue weighted by molar-refractivity contribution is -0.670. The number of benzene rings is 5. The number of hydrogen-bond acceptors (Lipinski definition) is 2. The zero-order chi connectivity index (χ0) is 38.2. The van der Waals surface area contributed by atoms with Gasteiger partial charge < -0.3 is 9.47 Å². The Kier molecular flexibility index (Phi) is 8.83. The molecule has 0 saturated heterocycles. The van der Waals surface area contributed by atoms with Gasteiger partial charge in [0.15, 0.2) is 0 Å². The quantitative estimate of drug-likeness (QED) is 0.141. The largest absolute Gasteiger partial charge is 0.457 e. The molecule has 0 unspecified atom stereocenters. The highest BCUT2D eigenvalue weighted by atomic mass is 16.5. The molecule has 10 nitrogen and oxygen atoms in total. The molecule has 9 rings (SSSR count). The van der Waals surface area contributed by atoms with Gasteiger partial charge in [0.05, 0.1) is 28.2 Å². The summed E-state index contributed by atoms with van der Waals surface area (Å²) in [5.74, 6) is 3.01. The number of rotatable bonds is 10. The predicted molar refractivity (Wildman–Crippen MR) is 212 cm³/mol. The summed E-state index contributed by atoms with van der Waals surface area (Å²) in [6, 6.07) is 37.7. The van der Waals surface area contributed by atoms with Crippen molar-refractivity contribution < 1.29 is 27.7 Å². The molecule has 0 aliphatic heterocycles. The first kappa shape index (κ1) is 34.3. The number of hydrogen-bond donors (Lipinski definition) is 0. The minimum Gasteiger partial charge on any atom is -0.457 e. The lowest BCUT2D eigenvalue weighted by Crippen LogP contribution is -2.23. The summed E-state index contributed by atoms with van der Waals surface area (Å²) in [5.41, 5.74) is 8.29. The van der Waals surface area contributed by atoms with Crippen LogP contribution in [0.15, 0.2) is 184 Å². The molecule has 0 bridgehead atoms. The van der Waals surface area contributed by atoms with E-state index in [4.69, 9.17) is 9.47 Å². The highest BCUT2D eigenvalue weighted by Crippen LogP contribution is 2.35. The van der Waals surface area contributed by atoms with Crippen molar-refractivity contribution in [3.8, 4) is 68.0 Å². The van der Waals surface area contributed by atoms with Gasteiger partial charge in [-0.2, -0.15) is 0 Å². The Balaban J connectivity index is 1.05. The molecule has 0 atom stereocenters. The SMILES string of the molecule is C[n+]1ccn(-c2cccc(Oc3cc(-c4ccc(-c5cc(Oc6cccc(-n7cc[n+](C)c7)c6)cc(-n6cc[n+](C)c6)c5)cc4)cc(-n4cc[n+](C)c4)c3)c2)c1. The molecule has 0 N–H and O–H groups in total. The maximum absolute atomic E-state index is 6.56. The van der Waals surface area contributed by atoms with Crippen molar-refractivity contribution in [1.29, 1.82) is 0 Å². The molecule has 4 aromatic heterocycles. The minimum absolute atomic E-state index is 0.747. The summed E-state index contributed by atoms with van der Waals surface area (Å²) in [7, 11) is 8.06. The van der Waals surface area contributed by atoms with Crippen molar-refractivity contribution in [3.63, 3.8) is 0 Å². The van der Waals surface area contributed by atoms with Gasteiger partial charge >= 0.3 is 0 Å². The van der Waals surface area contributed by atoms with Gasteiger partial charge in [-0.15, -0.1) is 0 Å². The summed E-state index contributed by atoms with van der Waals surface area (Å²) >= 11 is 0.